The SMILES string of the molecule is OC1CC2(CCC2)Cc2nc(C3CCOCC3)c(C(O)c3ccc(C(F)(F)F)nc3)c(C3=CCOCC3)c21. The lowest BCUT2D eigenvalue weighted by Crippen LogP contribution is -2.39. The van der Waals surface area contributed by atoms with Crippen LogP contribution in [-0.2, 0) is 22.1 Å². The zero-order valence-electron chi connectivity index (χ0n) is 21.3. The van der Waals surface area contributed by atoms with E-state index in [1.807, 2.05) is 6.08 Å². The second kappa shape index (κ2) is 10.0. The predicted octanol–water partition coefficient (Wildman–Crippen LogP) is 5.42. The molecule has 2 aromatic heterocycles. The lowest BCUT2D eigenvalue weighted by Gasteiger charge is -2.48. The smallest absolute Gasteiger partial charge is 0.388 e. The molecular formula is C29H33F3N2O4. The second-order valence-electron chi connectivity index (χ2n) is 11.2. The maximum absolute atomic E-state index is 13.2. The van der Waals surface area contributed by atoms with E-state index in [4.69, 9.17) is 14.5 Å². The van der Waals surface area contributed by atoms with Gasteiger partial charge in [-0.2, -0.15) is 13.2 Å². The topological polar surface area (TPSA) is 84.7 Å². The lowest BCUT2D eigenvalue weighted by molar-refractivity contribution is -0.141. The largest absolute Gasteiger partial charge is 0.433 e. The molecule has 1 saturated carbocycles. The van der Waals surface area contributed by atoms with Gasteiger partial charge in [-0.1, -0.05) is 18.6 Å². The number of aliphatic hydroxyl groups excluding tert-OH is 2. The molecule has 6 rings (SSSR count). The second-order valence-corrected chi connectivity index (χ2v) is 11.2. The molecule has 0 amide bonds. The Bertz CT molecular complexity index is 1220. The van der Waals surface area contributed by atoms with Crippen LogP contribution in [0.15, 0.2) is 24.4 Å². The molecule has 4 heterocycles. The highest BCUT2D eigenvalue weighted by Gasteiger charge is 2.46. The number of hydrogen-bond donors (Lipinski definition) is 2. The number of ether oxygens (including phenoxy) is 2. The molecule has 2 N–H and O–H groups in total. The van der Waals surface area contributed by atoms with E-state index in [-0.39, 0.29) is 16.9 Å². The van der Waals surface area contributed by atoms with Crippen LogP contribution < -0.4 is 0 Å². The van der Waals surface area contributed by atoms with Crippen LogP contribution >= 0.6 is 0 Å². The summed E-state index contributed by atoms with van der Waals surface area (Å²) in [5, 5.41) is 23.4. The highest BCUT2D eigenvalue weighted by molar-refractivity contribution is 5.75. The summed E-state index contributed by atoms with van der Waals surface area (Å²) in [6.07, 6.45) is 3.43. The van der Waals surface area contributed by atoms with Crippen molar-refractivity contribution in [2.24, 2.45) is 5.41 Å². The molecule has 2 fully saturated rings. The number of hydrogen-bond acceptors (Lipinski definition) is 6. The number of alkyl halides is 3. The van der Waals surface area contributed by atoms with Crippen molar-refractivity contribution in [2.75, 3.05) is 26.4 Å². The zero-order valence-corrected chi connectivity index (χ0v) is 21.3. The van der Waals surface area contributed by atoms with Gasteiger partial charge in [-0.05, 0) is 67.6 Å². The Morgan fingerprint density at radius 1 is 1.08 bits per heavy atom. The van der Waals surface area contributed by atoms with Gasteiger partial charge in [0, 0.05) is 47.7 Å². The standard InChI is InChI=1S/C29H33F3N2O4/c30-29(31,32)22-3-2-19(16-33-22)27(36)25-23(17-4-10-37-11-5-17)24-20(14-28(8-1-9-28)15-21(24)35)34-26(25)18-6-12-38-13-7-18/h2-4,16,18,21,27,35-36H,1,5-15H2. The molecule has 1 spiro atoms. The Morgan fingerprint density at radius 2 is 1.87 bits per heavy atom. The molecule has 0 bridgehead atoms. The quantitative estimate of drug-likeness (QED) is 0.549. The minimum Gasteiger partial charge on any atom is -0.388 e. The Hall–Kier alpha value is -2.33. The van der Waals surface area contributed by atoms with Crippen molar-refractivity contribution < 1.29 is 32.9 Å². The van der Waals surface area contributed by atoms with Crippen LogP contribution in [0, 0.1) is 5.41 Å². The molecule has 38 heavy (non-hydrogen) atoms. The normalized spacial score (nSPS) is 24.4. The summed E-state index contributed by atoms with van der Waals surface area (Å²) < 4.78 is 50.8. The van der Waals surface area contributed by atoms with E-state index in [0.717, 1.165) is 78.9 Å². The van der Waals surface area contributed by atoms with E-state index in [9.17, 15) is 23.4 Å². The van der Waals surface area contributed by atoms with E-state index in [0.29, 0.717) is 44.8 Å². The van der Waals surface area contributed by atoms with Crippen LogP contribution in [0.25, 0.3) is 5.57 Å². The van der Waals surface area contributed by atoms with Gasteiger partial charge < -0.3 is 19.7 Å². The summed E-state index contributed by atoms with van der Waals surface area (Å²) in [4.78, 5) is 8.80. The molecule has 2 aliphatic heterocycles. The van der Waals surface area contributed by atoms with Crippen molar-refractivity contribution in [1.29, 1.82) is 0 Å². The molecule has 2 atom stereocenters. The van der Waals surface area contributed by atoms with E-state index in [1.165, 1.54) is 6.07 Å². The Kier molecular flexibility index (Phi) is 6.83. The number of aromatic nitrogens is 2. The predicted molar refractivity (Wildman–Crippen MR) is 133 cm³/mol. The van der Waals surface area contributed by atoms with Gasteiger partial charge in [0.2, 0.25) is 0 Å². The maximum Gasteiger partial charge on any atom is 0.433 e. The summed E-state index contributed by atoms with van der Waals surface area (Å²) in [5.74, 6) is 0.0386. The first-order valence-corrected chi connectivity index (χ1v) is 13.6. The van der Waals surface area contributed by atoms with Crippen LogP contribution in [0.4, 0.5) is 13.2 Å². The van der Waals surface area contributed by atoms with Crippen molar-refractivity contribution in [1.82, 2.24) is 9.97 Å². The fourth-order valence-electron chi connectivity index (χ4n) is 6.73. The van der Waals surface area contributed by atoms with Gasteiger partial charge in [0.15, 0.2) is 0 Å². The zero-order chi connectivity index (χ0) is 26.5. The molecule has 9 heteroatoms. The van der Waals surface area contributed by atoms with E-state index in [2.05, 4.69) is 4.98 Å². The summed E-state index contributed by atoms with van der Waals surface area (Å²) >= 11 is 0. The average Bonchev–Trinajstić information content (AvgIpc) is 2.91. The molecule has 0 radical (unpaired) electrons. The van der Waals surface area contributed by atoms with Gasteiger partial charge in [-0.15, -0.1) is 0 Å². The fourth-order valence-corrected chi connectivity index (χ4v) is 6.73. The monoisotopic (exact) mass is 530 g/mol. The number of aliphatic hydroxyl groups is 2. The fraction of sp³-hybridized carbons (Fsp3) is 0.586. The van der Waals surface area contributed by atoms with Crippen molar-refractivity contribution in [3.8, 4) is 0 Å². The molecular weight excluding hydrogens is 497 g/mol. The van der Waals surface area contributed by atoms with Crippen molar-refractivity contribution in [3.63, 3.8) is 0 Å². The van der Waals surface area contributed by atoms with Gasteiger partial charge in [0.05, 0.1) is 25.0 Å². The van der Waals surface area contributed by atoms with Crippen molar-refractivity contribution >= 4 is 5.57 Å². The van der Waals surface area contributed by atoms with Gasteiger partial charge >= 0.3 is 6.18 Å². The third-order valence-electron chi connectivity index (χ3n) is 8.86. The van der Waals surface area contributed by atoms with Crippen LogP contribution in [-0.4, -0.2) is 46.6 Å². The summed E-state index contributed by atoms with van der Waals surface area (Å²) in [7, 11) is 0. The van der Waals surface area contributed by atoms with Gasteiger partial charge in [0.1, 0.15) is 11.8 Å². The number of rotatable bonds is 4. The third-order valence-corrected chi connectivity index (χ3v) is 8.86. The van der Waals surface area contributed by atoms with Crippen molar-refractivity contribution in [2.45, 2.75) is 75.7 Å². The van der Waals surface area contributed by atoms with Gasteiger partial charge in [0.25, 0.3) is 0 Å². The number of pyridine rings is 2. The number of fused-ring (bicyclic) bond motifs is 1. The molecule has 6 nitrogen and oxygen atoms in total. The summed E-state index contributed by atoms with van der Waals surface area (Å²) in [5.41, 5.74) is 4.13. The van der Waals surface area contributed by atoms with Crippen LogP contribution in [0.1, 0.15) is 102 Å². The van der Waals surface area contributed by atoms with Crippen LogP contribution in [0.3, 0.4) is 0 Å². The molecule has 4 aliphatic rings. The van der Waals surface area contributed by atoms with E-state index >= 15 is 0 Å². The highest BCUT2D eigenvalue weighted by Crippen LogP contribution is 2.55. The number of nitrogens with zero attached hydrogens (tertiary/aromatic N) is 2. The minimum absolute atomic E-state index is 0.0386. The van der Waals surface area contributed by atoms with Crippen molar-refractivity contribution in [3.05, 3.63) is 63.7 Å². The summed E-state index contributed by atoms with van der Waals surface area (Å²) in [6, 6.07) is 2.19. The van der Waals surface area contributed by atoms with Crippen LogP contribution in [0.2, 0.25) is 0 Å². The Balaban J connectivity index is 1.55. The first kappa shape index (κ1) is 25.9. The average molecular weight is 531 g/mol. The van der Waals surface area contributed by atoms with Gasteiger partial charge in [-0.3, -0.25) is 9.97 Å². The first-order valence-electron chi connectivity index (χ1n) is 13.6. The van der Waals surface area contributed by atoms with Crippen LogP contribution in [0.5, 0.6) is 0 Å². The Morgan fingerprint density at radius 3 is 2.47 bits per heavy atom. The summed E-state index contributed by atoms with van der Waals surface area (Å²) in [6.45, 7) is 2.11. The number of halogens is 3. The van der Waals surface area contributed by atoms with E-state index in [1.54, 1.807) is 0 Å². The molecule has 2 aliphatic carbocycles. The van der Waals surface area contributed by atoms with E-state index < -0.39 is 24.1 Å². The highest BCUT2D eigenvalue weighted by atomic mass is 19.4. The molecule has 204 valence electrons. The van der Waals surface area contributed by atoms with Gasteiger partial charge in [-0.25, -0.2) is 0 Å². The molecule has 1 saturated heterocycles. The lowest BCUT2D eigenvalue weighted by atomic mass is 9.59. The first-order chi connectivity index (χ1) is 18.3. The molecule has 2 aromatic rings. The molecule has 0 aromatic carbocycles. The third kappa shape index (κ3) is 4.68. The Labute approximate surface area is 219 Å². The minimum atomic E-state index is -4.57. The molecule has 2 unspecified atom stereocenters. The maximum atomic E-state index is 13.2.